The molecule has 1 fully saturated rings. The summed E-state index contributed by atoms with van der Waals surface area (Å²) >= 11 is 1.54. The number of aliphatic hydroxyl groups is 1. The van der Waals surface area contributed by atoms with Gasteiger partial charge in [-0.2, -0.15) is 4.68 Å². The number of aromatic nitrogens is 3. The molecule has 0 amide bonds. The minimum absolute atomic E-state index is 0.0118. The Morgan fingerprint density at radius 3 is 2.71 bits per heavy atom. The van der Waals surface area contributed by atoms with Gasteiger partial charge >= 0.3 is 0 Å². The summed E-state index contributed by atoms with van der Waals surface area (Å²) < 4.78 is 1.50. The van der Waals surface area contributed by atoms with Crippen molar-refractivity contribution in [1.82, 2.24) is 24.6 Å². The Bertz CT molecular complexity index is 847. The molecule has 3 heterocycles. The lowest BCUT2D eigenvalue weighted by atomic mass is 9.98. The van der Waals surface area contributed by atoms with E-state index in [9.17, 15) is 9.90 Å². The molecule has 0 spiro atoms. The van der Waals surface area contributed by atoms with Crippen molar-refractivity contribution in [1.29, 1.82) is 0 Å². The molecule has 7 nitrogen and oxygen atoms in total. The number of nitrogens with zero attached hydrogens (tertiary/aromatic N) is 5. The predicted molar refractivity (Wildman–Crippen MR) is 109 cm³/mol. The maximum Gasteiger partial charge on any atom is 0.264 e. The zero-order chi connectivity index (χ0) is 19.7. The van der Waals surface area contributed by atoms with Crippen LogP contribution in [0.15, 0.2) is 29.4 Å². The molecule has 1 aromatic carbocycles. The van der Waals surface area contributed by atoms with Gasteiger partial charge in [0.25, 0.3) is 5.91 Å². The summed E-state index contributed by atoms with van der Waals surface area (Å²) in [5.41, 5.74) is 2.36. The van der Waals surface area contributed by atoms with E-state index in [0.29, 0.717) is 11.7 Å². The SMILES string of the molecule is CCc1nc2n(n1)C(=O)C(C(c1cccc(C)c1)N1CCN(CCO)CC1)S2. The molecule has 2 aromatic rings. The number of hydrogen-bond acceptors (Lipinski definition) is 7. The van der Waals surface area contributed by atoms with Crippen molar-refractivity contribution in [2.24, 2.45) is 0 Å². The average Bonchev–Trinajstić information content (AvgIpc) is 3.23. The normalized spacial score (nSPS) is 21.8. The summed E-state index contributed by atoms with van der Waals surface area (Å²) in [7, 11) is 0. The molecule has 28 heavy (non-hydrogen) atoms. The topological polar surface area (TPSA) is 74.5 Å². The van der Waals surface area contributed by atoms with Gasteiger partial charge in [0, 0.05) is 39.1 Å². The van der Waals surface area contributed by atoms with E-state index in [2.05, 4.69) is 51.1 Å². The summed E-state index contributed by atoms with van der Waals surface area (Å²) in [6, 6.07) is 8.45. The van der Waals surface area contributed by atoms with Gasteiger partial charge in [0.05, 0.1) is 12.6 Å². The van der Waals surface area contributed by atoms with Crippen molar-refractivity contribution < 1.29 is 9.90 Å². The maximum atomic E-state index is 13.2. The maximum absolute atomic E-state index is 13.2. The average molecular weight is 402 g/mol. The second-order valence-electron chi connectivity index (χ2n) is 7.41. The first-order chi connectivity index (χ1) is 13.6. The molecule has 2 aliphatic rings. The number of carbonyl (C=O) groups is 1. The van der Waals surface area contributed by atoms with E-state index < -0.39 is 0 Å². The minimum Gasteiger partial charge on any atom is -0.395 e. The lowest BCUT2D eigenvalue weighted by Crippen LogP contribution is -2.51. The summed E-state index contributed by atoms with van der Waals surface area (Å²) in [5, 5.41) is 14.1. The van der Waals surface area contributed by atoms with Gasteiger partial charge in [0.2, 0.25) is 0 Å². The monoisotopic (exact) mass is 401 g/mol. The Labute approximate surface area is 169 Å². The van der Waals surface area contributed by atoms with Crippen molar-refractivity contribution in [3.63, 3.8) is 0 Å². The third-order valence-electron chi connectivity index (χ3n) is 5.51. The molecule has 2 atom stereocenters. The number of piperazine rings is 1. The summed E-state index contributed by atoms with van der Waals surface area (Å²) in [4.78, 5) is 22.4. The number of aliphatic hydroxyl groups excluding tert-OH is 1. The number of rotatable bonds is 6. The molecule has 1 aromatic heterocycles. The van der Waals surface area contributed by atoms with E-state index in [1.165, 1.54) is 27.6 Å². The fraction of sp³-hybridized carbons (Fsp3) is 0.550. The highest BCUT2D eigenvalue weighted by molar-refractivity contribution is 8.00. The highest BCUT2D eigenvalue weighted by Gasteiger charge is 2.43. The first-order valence-electron chi connectivity index (χ1n) is 9.91. The number of hydrogen-bond donors (Lipinski definition) is 1. The van der Waals surface area contributed by atoms with E-state index in [-0.39, 0.29) is 23.8 Å². The van der Waals surface area contributed by atoms with Crippen LogP contribution in [0.3, 0.4) is 0 Å². The molecule has 8 heteroatoms. The van der Waals surface area contributed by atoms with Crippen LogP contribution in [0.2, 0.25) is 0 Å². The lowest BCUT2D eigenvalue weighted by molar-refractivity contribution is 0.0688. The molecule has 2 unspecified atom stereocenters. The van der Waals surface area contributed by atoms with Gasteiger partial charge in [0.1, 0.15) is 5.25 Å². The zero-order valence-corrected chi connectivity index (χ0v) is 17.2. The van der Waals surface area contributed by atoms with Crippen LogP contribution in [0, 0.1) is 6.92 Å². The number of benzene rings is 1. The van der Waals surface area contributed by atoms with Crippen molar-refractivity contribution in [2.75, 3.05) is 39.3 Å². The second kappa shape index (κ2) is 8.32. The van der Waals surface area contributed by atoms with E-state index in [4.69, 9.17) is 0 Å². The van der Waals surface area contributed by atoms with E-state index in [1.807, 2.05) is 6.92 Å². The lowest BCUT2D eigenvalue weighted by Gasteiger charge is -2.40. The fourth-order valence-electron chi connectivity index (χ4n) is 4.03. The number of β-amino-alcohol motifs (C(OH)–C–C–N with tert-alkyl or cyclic N) is 1. The Morgan fingerprint density at radius 1 is 1.29 bits per heavy atom. The Hall–Kier alpha value is -1.74. The molecule has 0 bridgehead atoms. The molecule has 4 rings (SSSR count). The quantitative estimate of drug-likeness (QED) is 0.788. The molecule has 2 aliphatic heterocycles. The smallest absolute Gasteiger partial charge is 0.264 e. The second-order valence-corrected chi connectivity index (χ2v) is 8.52. The van der Waals surface area contributed by atoms with Crippen LogP contribution in [0.1, 0.15) is 34.7 Å². The van der Waals surface area contributed by atoms with Gasteiger partial charge in [0.15, 0.2) is 11.0 Å². The van der Waals surface area contributed by atoms with Crippen LogP contribution in [0.25, 0.3) is 0 Å². The van der Waals surface area contributed by atoms with Gasteiger partial charge in [-0.3, -0.25) is 14.6 Å². The number of fused-ring (bicyclic) bond motifs is 1. The van der Waals surface area contributed by atoms with E-state index >= 15 is 0 Å². The highest BCUT2D eigenvalue weighted by Crippen LogP contribution is 2.41. The van der Waals surface area contributed by atoms with Crippen molar-refractivity contribution in [3.05, 3.63) is 41.2 Å². The summed E-state index contributed by atoms with van der Waals surface area (Å²) in [5.74, 6) is 0.746. The van der Waals surface area contributed by atoms with Crippen LogP contribution in [-0.2, 0) is 6.42 Å². The van der Waals surface area contributed by atoms with Gasteiger partial charge in [-0.1, -0.05) is 48.5 Å². The van der Waals surface area contributed by atoms with Crippen LogP contribution >= 0.6 is 11.8 Å². The standard InChI is InChI=1S/C20H27N5O2S/c1-3-16-21-20-25(22-16)19(27)18(28-20)17(15-6-4-5-14(2)13-15)24-9-7-23(8-10-24)11-12-26/h4-6,13,17-18,26H,3,7-12H2,1-2H3. The molecular weight excluding hydrogens is 374 g/mol. The Kier molecular flexibility index (Phi) is 5.82. The largest absolute Gasteiger partial charge is 0.395 e. The first-order valence-corrected chi connectivity index (χ1v) is 10.8. The third-order valence-corrected chi connectivity index (χ3v) is 6.70. The first kappa shape index (κ1) is 19.6. The van der Waals surface area contributed by atoms with Crippen molar-refractivity contribution >= 4 is 17.7 Å². The third kappa shape index (κ3) is 3.74. The summed E-state index contributed by atoms with van der Waals surface area (Å²) in [6.45, 7) is 8.53. The predicted octanol–water partition coefficient (Wildman–Crippen LogP) is 1.61. The van der Waals surface area contributed by atoms with Crippen LogP contribution < -0.4 is 0 Å². The molecule has 0 saturated carbocycles. The minimum atomic E-state index is -0.243. The van der Waals surface area contributed by atoms with Crippen LogP contribution in [0.4, 0.5) is 0 Å². The van der Waals surface area contributed by atoms with Gasteiger partial charge in [-0.25, -0.2) is 4.98 Å². The molecule has 150 valence electrons. The molecule has 1 saturated heterocycles. The van der Waals surface area contributed by atoms with Crippen molar-refractivity contribution in [3.8, 4) is 0 Å². The number of thioether (sulfide) groups is 1. The van der Waals surface area contributed by atoms with Crippen molar-refractivity contribution in [2.45, 2.75) is 36.7 Å². The Balaban J connectivity index is 1.61. The van der Waals surface area contributed by atoms with Gasteiger partial charge in [-0.15, -0.1) is 5.10 Å². The highest BCUT2D eigenvalue weighted by atomic mass is 32.2. The summed E-state index contributed by atoms with van der Waals surface area (Å²) in [6.07, 6.45) is 0.729. The zero-order valence-electron chi connectivity index (χ0n) is 16.4. The van der Waals surface area contributed by atoms with Gasteiger partial charge < -0.3 is 5.11 Å². The van der Waals surface area contributed by atoms with Crippen LogP contribution in [-0.4, -0.2) is 80.2 Å². The molecular formula is C20H27N5O2S. The van der Waals surface area contributed by atoms with E-state index in [1.54, 1.807) is 0 Å². The van der Waals surface area contributed by atoms with E-state index in [0.717, 1.165) is 38.4 Å². The fourth-order valence-corrected chi connectivity index (χ4v) is 5.30. The number of aryl methyl sites for hydroxylation is 2. The molecule has 0 radical (unpaired) electrons. The molecule has 1 N–H and O–H groups in total. The van der Waals surface area contributed by atoms with Gasteiger partial charge in [-0.05, 0) is 12.5 Å². The Morgan fingerprint density at radius 2 is 2.07 bits per heavy atom. The molecule has 0 aliphatic carbocycles. The van der Waals surface area contributed by atoms with Crippen LogP contribution in [0.5, 0.6) is 0 Å². The number of carbonyl (C=O) groups excluding carboxylic acids is 1.